The minimum Gasteiger partial charge on any atom is -0.548 e. The lowest BCUT2D eigenvalue weighted by Crippen LogP contribution is -2.50. The third-order valence-corrected chi connectivity index (χ3v) is 2.49. The van der Waals surface area contributed by atoms with Gasteiger partial charge in [0, 0.05) is 5.56 Å². The SMILES string of the molecule is Cc1cccc(C(=O)N[C@@H](C(=O)[O-])C(C)C)c1. The number of hydrogen-bond acceptors (Lipinski definition) is 3. The molecule has 1 aromatic carbocycles. The van der Waals surface area contributed by atoms with Gasteiger partial charge in [0.1, 0.15) is 0 Å². The summed E-state index contributed by atoms with van der Waals surface area (Å²) in [5.74, 6) is -1.87. The molecule has 0 fully saturated rings. The highest BCUT2D eigenvalue weighted by molar-refractivity contribution is 5.96. The van der Waals surface area contributed by atoms with Crippen LogP contribution in [-0.4, -0.2) is 17.9 Å². The Balaban J connectivity index is 2.81. The van der Waals surface area contributed by atoms with E-state index in [-0.39, 0.29) is 5.92 Å². The second-order valence-electron chi connectivity index (χ2n) is 4.38. The van der Waals surface area contributed by atoms with E-state index in [9.17, 15) is 14.7 Å². The van der Waals surface area contributed by atoms with E-state index in [0.29, 0.717) is 5.56 Å². The van der Waals surface area contributed by atoms with Gasteiger partial charge >= 0.3 is 0 Å². The number of aliphatic carboxylic acids is 1. The maximum atomic E-state index is 11.8. The van der Waals surface area contributed by atoms with E-state index in [0.717, 1.165) is 5.56 Å². The molecule has 0 aliphatic heterocycles. The van der Waals surface area contributed by atoms with Gasteiger partial charge in [0.15, 0.2) is 0 Å². The average Bonchev–Trinajstić information content (AvgIpc) is 2.24. The summed E-state index contributed by atoms with van der Waals surface area (Å²) in [6.45, 7) is 5.31. The molecule has 0 saturated heterocycles. The molecule has 1 amide bonds. The molecule has 4 heteroatoms. The second kappa shape index (κ2) is 5.48. The summed E-state index contributed by atoms with van der Waals surface area (Å²) >= 11 is 0. The zero-order valence-corrected chi connectivity index (χ0v) is 10.2. The Morgan fingerprint density at radius 1 is 1.29 bits per heavy atom. The van der Waals surface area contributed by atoms with E-state index >= 15 is 0 Å². The van der Waals surface area contributed by atoms with E-state index in [1.54, 1.807) is 32.0 Å². The lowest BCUT2D eigenvalue weighted by molar-refractivity contribution is -0.309. The van der Waals surface area contributed by atoms with Gasteiger partial charge in [-0.2, -0.15) is 0 Å². The number of carboxylic acids is 1. The van der Waals surface area contributed by atoms with Crippen molar-refractivity contribution in [2.75, 3.05) is 0 Å². The van der Waals surface area contributed by atoms with Gasteiger partial charge in [-0.05, 0) is 25.0 Å². The Labute approximate surface area is 101 Å². The topological polar surface area (TPSA) is 69.2 Å². The molecular weight excluding hydrogens is 218 g/mol. The largest absolute Gasteiger partial charge is 0.548 e. The highest BCUT2D eigenvalue weighted by Crippen LogP contribution is 2.06. The highest BCUT2D eigenvalue weighted by atomic mass is 16.4. The molecule has 4 nitrogen and oxygen atoms in total. The first-order chi connectivity index (χ1) is 7.91. The minimum atomic E-state index is -1.26. The number of hydrogen-bond donors (Lipinski definition) is 1. The fourth-order valence-electron chi connectivity index (χ4n) is 1.51. The van der Waals surface area contributed by atoms with Gasteiger partial charge in [0.2, 0.25) is 0 Å². The lowest BCUT2D eigenvalue weighted by Gasteiger charge is -2.23. The van der Waals surface area contributed by atoms with E-state index < -0.39 is 17.9 Å². The molecule has 1 rings (SSSR count). The van der Waals surface area contributed by atoms with Crippen LogP contribution in [0.2, 0.25) is 0 Å². The van der Waals surface area contributed by atoms with Gasteiger partial charge in [-0.1, -0.05) is 31.5 Å². The number of carboxylic acid groups (broad SMARTS) is 1. The number of aryl methyl sites for hydroxylation is 1. The molecule has 17 heavy (non-hydrogen) atoms. The zero-order chi connectivity index (χ0) is 13.0. The molecule has 0 radical (unpaired) electrons. The van der Waals surface area contributed by atoms with Crippen LogP contribution >= 0.6 is 0 Å². The van der Waals surface area contributed by atoms with Crippen LogP contribution in [-0.2, 0) is 4.79 Å². The van der Waals surface area contributed by atoms with E-state index in [2.05, 4.69) is 5.32 Å². The standard InChI is InChI=1S/C13H17NO3/c1-8(2)11(13(16)17)14-12(15)10-6-4-5-9(3)7-10/h4-8,11H,1-3H3,(H,14,15)(H,16,17)/p-1/t11-/m1/s1. The van der Waals surface area contributed by atoms with Gasteiger partial charge in [0.05, 0.1) is 12.0 Å². The molecule has 1 aromatic rings. The summed E-state index contributed by atoms with van der Waals surface area (Å²) in [6, 6.07) is 6.02. The summed E-state index contributed by atoms with van der Waals surface area (Å²) in [5, 5.41) is 13.3. The molecule has 0 unspecified atom stereocenters. The number of rotatable bonds is 4. The average molecular weight is 234 g/mol. The van der Waals surface area contributed by atoms with Crippen molar-refractivity contribution in [3.8, 4) is 0 Å². The molecule has 0 aromatic heterocycles. The Morgan fingerprint density at radius 3 is 2.41 bits per heavy atom. The van der Waals surface area contributed by atoms with Gasteiger partial charge in [-0.15, -0.1) is 0 Å². The fourth-order valence-corrected chi connectivity index (χ4v) is 1.51. The first kappa shape index (κ1) is 13.2. The molecule has 1 N–H and O–H groups in total. The van der Waals surface area contributed by atoms with Crippen molar-refractivity contribution in [3.63, 3.8) is 0 Å². The van der Waals surface area contributed by atoms with Crippen LogP contribution in [0.15, 0.2) is 24.3 Å². The summed E-state index contributed by atoms with van der Waals surface area (Å²) in [6.07, 6.45) is 0. The number of nitrogens with one attached hydrogen (secondary N) is 1. The van der Waals surface area contributed by atoms with Crippen LogP contribution in [0.1, 0.15) is 29.8 Å². The molecule has 0 heterocycles. The van der Waals surface area contributed by atoms with Crippen molar-refractivity contribution in [1.29, 1.82) is 0 Å². The maximum Gasteiger partial charge on any atom is 0.251 e. The molecule has 0 saturated carbocycles. The van der Waals surface area contributed by atoms with Crippen LogP contribution in [0.4, 0.5) is 0 Å². The third kappa shape index (κ3) is 3.59. The molecule has 1 atom stereocenters. The van der Waals surface area contributed by atoms with E-state index in [1.165, 1.54) is 0 Å². The molecule has 0 aliphatic carbocycles. The molecular formula is C13H16NO3-. The zero-order valence-electron chi connectivity index (χ0n) is 10.2. The summed E-state index contributed by atoms with van der Waals surface area (Å²) in [7, 11) is 0. The lowest BCUT2D eigenvalue weighted by atomic mass is 10.0. The van der Waals surface area contributed by atoms with Gasteiger partial charge < -0.3 is 15.2 Å². The minimum absolute atomic E-state index is 0.214. The second-order valence-corrected chi connectivity index (χ2v) is 4.38. The maximum absolute atomic E-state index is 11.8. The Bertz CT molecular complexity index is 426. The smallest absolute Gasteiger partial charge is 0.251 e. The first-order valence-electron chi connectivity index (χ1n) is 5.50. The van der Waals surface area contributed by atoms with E-state index in [4.69, 9.17) is 0 Å². The molecule has 0 spiro atoms. The number of amides is 1. The fraction of sp³-hybridized carbons (Fsp3) is 0.385. The quantitative estimate of drug-likeness (QED) is 0.824. The van der Waals surface area contributed by atoms with Crippen molar-refractivity contribution < 1.29 is 14.7 Å². The van der Waals surface area contributed by atoms with Crippen molar-refractivity contribution >= 4 is 11.9 Å². The molecule has 92 valence electrons. The van der Waals surface area contributed by atoms with Crippen LogP contribution < -0.4 is 10.4 Å². The normalized spacial score (nSPS) is 12.2. The number of carbonyl (C=O) groups excluding carboxylic acids is 2. The van der Waals surface area contributed by atoms with Crippen molar-refractivity contribution in [2.45, 2.75) is 26.8 Å². The van der Waals surface area contributed by atoms with Gasteiger partial charge in [0.25, 0.3) is 5.91 Å². The predicted molar refractivity (Wildman–Crippen MR) is 62.3 cm³/mol. The van der Waals surface area contributed by atoms with E-state index in [1.807, 2.05) is 13.0 Å². The first-order valence-corrected chi connectivity index (χ1v) is 5.50. The highest BCUT2D eigenvalue weighted by Gasteiger charge is 2.17. The van der Waals surface area contributed by atoms with Gasteiger partial charge in [-0.25, -0.2) is 0 Å². The number of benzene rings is 1. The summed E-state index contributed by atoms with van der Waals surface area (Å²) < 4.78 is 0. The van der Waals surface area contributed by atoms with Gasteiger partial charge in [-0.3, -0.25) is 4.79 Å². The Morgan fingerprint density at radius 2 is 1.94 bits per heavy atom. The molecule has 0 bridgehead atoms. The number of carbonyl (C=O) groups is 2. The predicted octanol–water partition coefficient (Wildman–Crippen LogP) is 0.499. The van der Waals surface area contributed by atoms with Crippen molar-refractivity contribution in [3.05, 3.63) is 35.4 Å². The van der Waals surface area contributed by atoms with Crippen LogP contribution in [0, 0.1) is 12.8 Å². The Hall–Kier alpha value is -1.84. The monoisotopic (exact) mass is 234 g/mol. The van der Waals surface area contributed by atoms with Crippen LogP contribution in [0.5, 0.6) is 0 Å². The summed E-state index contributed by atoms with van der Waals surface area (Å²) in [4.78, 5) is 22.7. The third-order valence-electron chi connectivity index (χ3n) is 2.49. The van der Waals surface area contributed by atoms with Crippen LogP contribution in [0.25, 0.3) is 0 Å². The van der Waals surface area contributed by atoms with Crippen LogP contribution in [0.3, 0.4) is 0 Å². The van der Waals surface area contributed by atoms with Crippen molar-refractivity contribution in [1.82, 2.24) is 5.32 Å². The summed E-state index contributed by atoms with van der Waals surface area (Å²) in [5.41, 5.74) is 1.41. The molecule has 0 aliphatic rings. The Kier molecular flexibility index (Phi) is 4.26. The van der Waals surface area contributed by atoms with Crippen molar-refractivity contribution in [2.24, 2.45) is 5.92 Å².